The van der Waals surface area contributed by atoms with Crippen molar-refractivity contribution in [3.8, 4) is 5.75 Å². The van der Waals surface area contributed by atoms with Crippen molar-refractivity contribution in [1.82, 2.24) is 14.8 Å². The van der Waals surface area contributed by atoms with Crippen LogP contribution in [0.2, 0.25) is 0 Å². The first-order chi connectivity index (χ1) is 13.7. The van der Waals surface area contributed by atoms with Gasteiger partial charge in [-0.2, -0.15) is 0 Å². The van der Waals surface area contributed by atoms with Crippen molar-refractivity contribution in [3.05, 3.63) is 59.9 Å². The second kappa shape index (κ2) is 10.2. The zero-order chi connectivity index (χ0) is 19.8. The summed E-state index contributed by atoms with van der Waals surface area (Å²) >= 11 is 0. The smallest absolute Gasteiger partial charge is 0.260 e. The molecule has 2 aromatic rings. The lowest BCUT2D eigenvalue weighted by atomic mass is 9.98. The molecule has 150 valence electrons. The third-order valence-corrected chi connectivity index (χ3v) is 5.47. The Labute approximate surface area is 168 Å². The van der Waals surface area contributed by atoms with Crippen LogP contribution in [0, 0.1) is 0 Å². The molecule has 3 rings (SSSR count). The zero-order valence-electron chi connectivity index (χ0n) is 17.0. The summed E-state index contributed by atoms with van der Waals surface area (Å²) in [6, 6.07) is 14.1. The van der Waals surface area contributed by atoms with Gasteiger partial charge in [0.25, 0.3) is 5.91 Å². The van der Waals surface area contributed by atoms with Crippen molar-refractivity contribution in [3.63, 3.8) is 0 Å². The Morgan fingerprint density at radius 1 is 1.11 bits per heavy atom. The van der Waals surface area contributed by atoms with Crippen LogP contribution in [-0.2, 0) is 11.3 Å². The van der Waals surface area contributed by atoms with Gasteiger partial charge in [0.1, 0.15) is 5.75 Å². The molecule has 1 fully saturated rings. The van der Waals surface area contributed by atoms with E-state index in [0.717, 1.165) is 57.0 Å². The molecule has 0 spiro atoms. The Hall–Kier alpha value is -2.40. The lowest BCUT2D eigenvalue weighted by Crippen LogP contribution is -2.38. The van der Waals surface area contributed by atoms with Gasteiger partial charge in [0.15, 0.2) is 6.61 Å². The second-order valence-electron chi connectivity index (χ2n) is 7.47. The summed E-state index contributed by atoms with van der Waals surface area (Å²) in [6.45, 7) is 8.67. The average Bonchev–Trinajstić information content (AvgIpc) is 2.98. The molecule has 0 radical (unpaired) electrons. The minimum atomic E-state index is 0.0682. The number of benzene rings is 1. The number of hydrogen-bond donors (Lipinski definition) is 0. The molecule has 1 aliphatic rings. The first-order valence-corrected chi connectivity index (χ1v) is 10.3. The highest BCUT2D eigenvalue weighted by Gasteiger charge is 2.20. The van der Waals surface area contributed by atoms with E-state index in [0.29, 0.717) is 5.92 Å². The number of hydrogen-bond acceptors (Lipinski definition) is 4. The van der Waals surface area contributed by atoms with E-state index in [-0.39, 0.29) is 12.5 Å². The monoisotopic (exact) mass is 381 g/mol. The van der Waals surface area contributed by atoms with Gasteiger partial charge in [0, 0.05) is 38.9 Å². The quantitative estimate of drug-likeness (QED) is 0.733. The topological polar surface area (TPSA) is 45.7 Å². The van der Waals surface area contributed by atoms with Gasteiger partial charge in [-0.15, -0.1) is 0 Å². The van der Waals surface area contributed by atoms with Gasteiger partial charge < -0.3 is 9.64 Å². The van der Waals surface area contributed by atoms with Crippen molar-refractivity contribution in [2.24, 2.45) is 0 Å². The molecule has 1 unspecified atom stereocenters. The van der Waals surface area contributed by atoms with Gasteiger partial charge in [-0.05, 0) is 42.5 Å². The molecule has 0 aliphatic carbocycles. The van der Waals surface area contributed by atoms with Gasteiger partial charge in [0.2, 0.25) is 0 Å². The molecule has 1 saturated heterocycles. The summed E-state index contributed by atoms with van der Waals surface area (Å²) in [5, 5.41) is 0. The Morgan fingerprint density at radius 3 is 2.71 bits per heavy atom. The normalized spacial score (nSPS) is 16.4. The predicted molar refractivity (Wildman–Crippen MR) is 111 cm³/mol. The van der Waals surface area contributed by atoms with E-state index in [1.165, 1.54) is 5.56 Å². The van der Waals surface area contributed by atoms with E-state index in [1.54, 1.807) is 0 Å². The number of nitrogens with zero attached hydrogens (tertiary/aromatic N) is 3. The fourth-order valence-electron chi connectivity index (χ4n) is 3.57. The van der Waals surface area contributed by atoms with E-state index >= 15 is 0 Å². The highest BCUT2D eigenvalue weighted by Crippen LogP contribution is 2.28. The fraction of sp³-hybridized carbons (Fsp3) is 0.478. The molecular formula is C23H31N3O2. The largest absolute Gasteiger partial charge is 0.483 e. The average molecular weight is 382 g/mol. The molecule has 2 heterocycles. The van der Waals surface area contributed by atoms with Crippen molar-refractivity contribution in [1.29, 1.82) is 0 Å². The number of amides is 1. The standard InChI is InChI=1S/C23H31N3O2/c1-3-19(2)21-10-4-5-11-22(21)28-18-23(27)26-14-8-13-25(15-16-26)17-20-9-6-7-12-24-20/h4-7,9-12,19H,3,8,13-18H2,1-2H3. The van der Waals surface area contributed by atoms with Crippen molar-refractivity contribution in [2.45, 2.75) is 39.2 Å². The van der Waals surface area contributed by atoms with Crippen molar-refractivity contribution >= 4 is 5.91 Å². The van der Waals surface area contributed by atoms with E-state index in [9.17, 15) is 4.79 Å². The van der Waals surface area contributed by atoms with Crippen LogP contribution < -0.4 is 4.74 Å². The fourth-order valence-corrected chi connectivity index (χ4v) is 3.57. The van der Waals surface area contributed by atoms with Crippen molar-refractivity contribution < 1.29 is 9.53 Å². The molecular weight excluding hydrogens is 350 g/mol. The first-order valence-electron chi connectivity index (χ1n) is 10.3. The zero-order valence-corrected chi connectivity index (χ0v) is 17.0. The molecule has 0 saturated carbocycles. The molecule has 5 heteroatoms. The number of aromatic nitrogens is 1. The van der Waals surface area contributed by atoms with Gasteiger partial charge in [0.05, 0.1) is 5.69 Å². The van der Waals surface area contributed by atoms with E-state index in [1.807, 2.05) is 41.4 Å². The highest BCUT2D eigenvalue weighted by molar-refractivity contribution is 5.77. The Bertz CT molecular complexity index is 751. The molecule has 5 nitrogen and oxygen atoms in total. The molecule has 1 aliphatic heterocycles. The summed E-state index contributed by atoms with van der Waals surface area (Å²) in [4.78, 5) is 21.4. The van der Waals surface area contributed by atoms with Crippen LogP contribution in [0.4, 0.5) is 0 Å². The second-order valence-corrected chi connectivity index (χ2v) is 7.47. The van der Waals surface area contributed by atoms with Crippen LogP contribution in [-0.4, -0.2) is 53.5 Å². The summed E-state index contributed by atoms with van der Waals surface area (Å²) in [5.41, 5.74) is 2.25. The predicted octanol–water partition coefficient (Wildman–Crippen LogP) is 3.71. The van der Waals surface area contributed by atoms with E-state index in [2.05, 4.69) is 35.9 Å². The minimum Gasteiger partial charge on any atom is -0.483 e. The maximum atomic E-state index is 12.7. The van der Waals surface area contributed by atoms with Gasteiger partial charge in [-0.25, -0.2) is 0 Å². The molecule has 0 bridgehead atoms. The Morgan fingerprint density at radius 2 is 1.93 bits per heavy atom. The number of carbonyl (C=O) groups excluding carboxylic acids is 1. The molecule has 1 amide bonds. The van der Waals surface area contributed by atoms with Crippen LogP contribution in [0.25, 0.3) is 0 Å². The number of carbonyl (C=O) groups is 1. The summed E-state index contributed by atoms with van der Waals surface area (Å²) in [5.74, 6) is 1.32. The van der Waals surface area contributed by atoms with Gasteiger partial charge in [-0.1, -0.05) is 38.1 Å². The number of para-hydroxylation sites is 1. The van der Waals surface area contributed by atoms with Gasteiger partial charge >= 0.3 is 0 Å². The van der Waals surface area contributed by atoms with Crippen LogP contribution in [0.3, 0.4) is 0 Å². The molecule has 1 aromatic carbocycles. The van der Waals surface area contributed by atoms with Crippen LogP contribution >= 0.6 is 0 Å². The molecule has 1 aromatic heterocycles. The summed E-state index contributed by atoms with van der Waals surface area (Å²) < 4.78 is 5.92. The van der Waals surface area contributed by atoms with E-state index < -0.39 is 0 Å². The third-order valence-electron chi connectivity index (χ3n) is 5.47. The summed E-state index contributed by atoms with van der Waals surface area (Å²) in [7, 11) is 0. The molecule has 1 atom stereocenters. The first kappa shape index (κ1) is 20.3. The maximum absolute atomic E-state index is 12.7. The lowest BCUT2D eigenvalue weighted by molar-refractivity contribution is -0.133. The van der Waals surface area contributed by atoms with Crippen molar-refractivity contribution in [2.75, 3.05) is 32.8 Å². The lowest BCUT2D eigenvalue weighted by Gasteiger charge is -2.22. The minimum absolute atomic E-state index is 0.0682. The number of pyridine rings is 1. The van der Waals surface area contributed by atoms with E-state index in [4.69, 9.17) is 4.74 Å². The van der Waals surface area contributed by atoms with Crippen LogP contribution in [0.15, 0.2) is 48.7 Å². The summed E-state index contributed by atoms with van der Waals surface area (Å²) in [6.07, 6.45) is 3.85. The molecule has 28 heavy (non-hydrogen) atoms. The van der Waals surface area contributed by atoms with Crippen LogP contribution in [0.1, 0.15) is 43.9 Å². The maximum Gasteiger partial charge on any atom is 0.260 e. The molecule has 0 N–H and O–H groups in total. The number of ether oxygens (including phenoxy) is 1. The SMILES string of the molecule is CCC(C)c1ccccc1OCC(=O)N1CCCN(Cc2ccccn2)CC1. The third kappa shape index (κ3) is 5.55. The van der Waals surface area contributed by atoms with Gasteiger partial charge in [-0.3, -0.25) is 14.7 Å². The Balaban J connectivity index is 1.51. The number of rotatable bonds is 7. The Kier molecular flexibility index (Phi) is 7.43. The highest BCUT2D eigenvalue weighted by atomic mass is 16.5. The van der Waals surface area contributed by atoms with Crippen LogP contribution in [0.5, 0.6) is 5.75 Å².